The number of nitrogens with zero attached hydrogens (tertiary/aromatic N) is 2. The van der Waals surface area contributed by atoms with Gasteiger partial charge in [-0.15, -0.1) is 0 Å². The number of hydrogen-bond acceptors (Lipinski definition) is 3. The zero-order valence-corrected chi connectivity index (χ0v) is 8.86. The Bertz CT molecular complexity index is 492. The first-order valence-corrected chi connectivity index (χ1v) is 4.87. The number of carbonyl (C=O) groups is 1. The molecule has 0 aliphatic carbocycles. The highest BCUT2D eigenvalue weighted by Crippen LogP contribution is 2.20. The third kappa shape index (κ3) is 1.39. The van der Waals surface area contributed by atoms with Gasteiger partial charge in [0.2, 0.25) is 0 Å². The minimum atomic E-state index is 0.302. The molecule has 72 valence electrons. The zero-order chi connectivity index (χ0) is 10.1. The number of imidazole rings is 1. The molecule has 0 saturated heterocycles. The normalized spacial score (nSPS) is 10.6. The van der Waals surface area contributed by atoms with E-state index >= 15 is 0 Å². The number of anilines is 1. The second-order valence-electron chi connectivity index (χ2n) is 2.90. The number of halogens is 1. The number of pyridine rings is 1. The fraction of sp³-hybridized carbons (Fsp3) is 0.111. The third-order valence-electron chi connectivity index (χ3n) is 1.96. The number of hydrogen-bond donors (Lipinski definition) is 1. The van der Waals surface area contributed by atoms with Crippen molar-refractivity contribution in [3.8, 4) is 0 Å². The molecule has 0 aliphatic rings. The fourth-order valence-corrected chi connectivity index (χ4v) is 1.85. The van der Waals surface area contributed by atoms with Gasteiger partial charge >= 0.3 is 0 Å². The smallest absolute Gasteiger partial charge is 0.132 e. The Kier molecular flexibility index (Phi) is 2.25. The summed E-state index contributed by atoms with van der Waals surface area (Å²) in [5.74, 6) is 0.710. The zero-order valence-electron chi connectivity index (χ0n) is 7.27. The molecule has 4 nitrogen and oxygen atoms in total. The molecule has 2 heterocycles. The van der Waals surface area contributed by atoms with E-state index in [1.807, 2.05) is 10.5 Å². The number of nitrogen functional groups attached to an aromatic ring is 1. The number of fused-ring (bicyclic) bond motifs is 1. The monoisotopic (exact) mass is 253 g/mol. The van der Waals surface area contributed by atoms with Gasteiger partial charge in [0.1, 0.15) is 16.7 Å². The third-order valence-corrected chi connectivity index (χ3v) is 2.55. The van der Waals surface area contributed by atoms with Crippen LogP contribution in [0.3, 0.4) is 0 Å². The molecule has 14 heavy (non-hydrogen) atoms. The average Bonchev–Trinajstić information content (AvgIpc) is 2.44. The molecule has 5 heteroatoms. The molecule has 0 unspecified atom stereocenters. The average molecular weight is 254 g/mol. The lowest BCUT2D eigenvalue weighted by Gasteiger charge is -1.98. The highest BCUT2D eigenvalue weighted by molar-refractivity contribution is 9.10. The maximum atomic E-state index is 10.4. The van der Waals surface area contributed by atoms with Crippen molar-refractivity contribution in [2.24, 2.45) is 0 Å². The molecule has 0 radical (unpaired) electrons. The van der Waals surface area contributed by atoms with E-state index in [2.05, 4.69) is 20.9 Å². The maximum Gasteiger partial charge on any atom is 0.132 e. The summed E-state index contributed by atoms with van der Waals surface area (Å²) >= 11 is 3.32. The predicted octanol–water partition coefficient (Wildman–Crippen LogP) is 1.42. The molecule has 0 bridgehead atoms. The minimum Gasteiger partial charge on any atom is -0.399 e. The summed E-state index contributed by atoms with van der Waals surface area (Å²) in [5.41, 5.74) is 7.20. The summed E-state index contributed by atoms with van der Waals surface area (Å²) in [5, 5.41) is 0. The lowest BCUT2D eigenvalue weighted by Crippen LogP contribution is -1.95. The Morgan fingerprint density at radius 1 is 1.64 bits per heavy atom. The largest absolute Gasteiger partial charge is 0.399 e. The van der Waals surface area contributed by atoms with E-state index in [1.54, 1.807) is 12.3 Å². The van der Waals surface area contributed by atoms with Gasteiger partial charge in [-0.2, -0.15) is 0 Å². The summed E-state index contributed by atoms with van der Waals surface area (Å²) in [6.45, 7) is 0. The Labute approximate surface area is 88.9 Å². The molecule has 0 fully saturated rings. The second-order valence-corrected chi connectivity index (χ2v) is 3.66. The van der Waals surface area contributed by atoms with Crippen LogP contribution in [-0.4, -0.2) is 15.7 Å². The van der Waals surface area contributed by atoms with Crippen molar-refractivity contribution in [3.63, 3.8) is 0 Å². The van der Waals surface area contributed by atoms with Crippen LogP contribution in [0.4, 0.5) is 5.69 Å². The molecular formula is C9H8BrN3O. The van der Waals surface area contributed by atoms with Gasteiger partial charge in [0.25, 0.3) is 0 Å². The summed E-state index contributed by atoms with van der Waals surface area (Å²) in [7, 11) is 0. The number of aromatic nitrogens is 2. The highest BCUT2D eigenvalue weighted by atomic mass is 79.9. The van der Waals surface area contributed by atoms with Crippen LogP contribution in [0.25, 0.3) is 5.52 Å². The van der Waals surface area contributed by atoms with Crippen molar-refractivity contribution in [3.05, 3.63) is 28.8 Å². The van der Waals surface area contributed by atoms with E-state index in [0.717, 1.165) is 11.8 Å². The summed E-state index contributed by atoms with van der Waals surface area (Å²) < 4.78 is 2.55. The van der Waals surface area contributed by atoms with Crippen LogP contribution in [0.1, 0.15) is 5.82 Å². The Morgan fingerprint density at radius 2 is 2.43 bits per heavy atom. The molecule has 2 aromatic rings. The standard InChI is InChI=1S/C9H8BrN3O/c10-9-7-5-6(11)1-3-13(7)8(12-9)2-4-14/h1,3-5H,2,11H2. The van der Waals surface area contributed by atoms with Crippen molar-refractivity contribution in [2.45, 2.75) is 6.42 Å². The van der Waals surface area contributed by atoms with Gasteiger partial charge < -0.3 is 14.9 Å². The van der Waals surface area contributed by atoms with Crippen LogP contribution in [-0.2, 0) is 11.2 Å². The first kappa shape index (κ1) is 9.21. The van der Waals surface area contributed by atoms with Gasteiger partial charge in [-0.25, -0.2) is 4.98 Å². The van der Waals surface area contributed by atoms with Crippen LogP contribution in [0, 0.1) is 0 Å². The Morgan fingerprint density at radius 3 is 3.14 bits per heavy atom. The summed E-state index contributed by atoms with van der Waals surface area (Å²) in [6, 6.07) is 3.58. The lowest BCUT2D eigenvalue weighted by atomic mass is 10.3. The molecule has 2 N–H and O–H groups in total. The lowest BCUT2D eigenvalue weighted by molar-refractivity contribution is -0.107. The van der Waals surface area contributed by atoms with Crippen LogP contribution < -0.4 is 5.73 Å². The molecular weight excluding hydrogens is 246 g/mol. The van der Waals surface area contributed by atoms with Crippen molar-refractivity contribution < 1.29 is 4.79 Å². The summed E-state index contributed by atoms with van der Waals surface area (Å²) in [6.07, 6.45) is 2.94. The minimum absolute atomic E-state index is 0.302. The van der Waals surface area contributed by atoms with E-state index in [4.69, 9.17) is 5.73 Å². The first-order chi connectivity index (χ1) is 6.72. The number of rotatable bonds is 2. The Balaban J connectivity index is 2.70. The molecule has 2 rings (SSSR count). The molecule has 0 aliphatic heterocycles. The van der Waals surface area contributed by atoms with E-state index in [9.17, 15) is 4.79 Å². The molecule has 0 spiro atoms. The van der Waals surface area contributed by atoms with Crippen LogP contribution in [0.2, 0.25) is 0 Å². The van der Waals surface area contributed by atoms with Crippen molar-refractivity contribution >= 4 is 33.4 Å². The number of nitrogens with two attached hydrogens (primary N) is 1. The van der Waals surface area contributed by atoms with Crippen LogP contribution >= 0.6 is 15.9 Å². The van der Waals surface area contributed by atoms with Gasteiger partial charge in [0.05, 0.1) is 11.9 Å². The predicted molar refractivity (Wildman–Crippen MR) is 57.1 cm³/mol. The summed E-state index contributed by atoms with van der Waals surface area (Å²) in [4.78, 5) is 14.6. The molecule has 0 saturated carbocycles. The molecule has 0 aromatic carbocycles. The van der Waals surface area contributed by atoms with Gasteiger partial charge in [-0.05, 0) is 28.1 Å². The number of aldehydes is 1. The molecule has 0 atom stereocenters. The van der Waals surface area contributed by atoms with Crippen LogP contribution in [0.15, 0.2) is 22.9 Å². The fourth-order valence-electron chi connectivity index (χ4n) is 1.34. The van der Waals surface area contributed by atoms with E-state index in [0.29, 0.717) is 22.5 Å². The van der Waals surface area contributed by atoms with Crippen molar-refractivity contribution in [1.82, 2.24) is 9.38 Å². The van der Waals surface area contributed by atoms with Crippen molar-refractivity contribution in [2.75, 3.05) is 5.73 Å². The van der Waals surface area contributed by atoms with Gasteiger partial charge in [-0.3, -0.25) is 0 Å². The molecule has 0 amide bonds. The van der Waals surface area contributed by atoms with Crippen LogP contribution in [0.5, 0.6) is 0 Å². The van der Waals surface area contributed by atoms with Crippen molar-refractivity contribution in [1.29, 1.82) is 0 Å². The maximum absolute atomic E-state index is 10.4. The van der Waals surface area contributed by atoms with Gasteiger partial charge in [0, 0.05) is 11.9 Å². The topological polar surface area (TPSA) is 60.4 Å². The SMILES string of the molecule is Nc1ccn2c(CC=O)nc(Br)c2c1. The first-order valence-electron chi connectivity index (χ1n) is 4.08. The van der Waals surface area contributed by atoms with E-state index < -0.39 is 0 Å². The highest BCUT2D eigenvalue weighted by Gasteiger charge is 2.07. The van der Waals surface area contributed by atoms with E-state index in [-0.39, 0.29) is 0 Å². The number of carbonyl (C=O) groups excluding carboxylic acids is 1. The quantitative estimate of drug-likeness (QED) is 0.824. The van der Waals surface area contributed by atoms with E-state index in [1.165, 1.54) is 0 Å². The van der Waals surface area contributed by atoms with Gasteiger partial charge in [-0.1, -0.05) is 0 Å². The Hall–Kier alpha value is -1.36. The molecule has 2 aromatic heterocycles. The second kappa shape index (κ2) is 3.42. The van der Waals surface area contributed by atoms with Gasteiger partial charge in [0.15, 0.2) is 0 Å².